The number of nitrogens with two attached hydrogens (primary N) is 1. The van der Waals surface area contributed by atoms with Gasteiger partial charge in [0.1, 0.15) is 5.60 Å². The summed E-state index contributed by atoms with van der Waals surface area (Å²) in [5, 5.41) is 5.69. The van der Waals surface area contributed by atoms with Crippen LogP contribution < -0.4 is 16.4 Å². The second-order valence-electron chi connectivity index (χ2n) is 3.97. The Bertz CT molecular complexity index is 166. The second-order valence-corrected chi connectivity index (χ2v) is 3.97. The molecule has 0 heterocycles. The molecule has 0 radical (unpaired) electrons. The van der Waals surface area contributed by atoms with Gasteiger partial charge in [0, 0.05) is 26.2 Å². The molecular formula is C9H21N3O2. The van der Waals surface area contributed by atoms with E-state index in [9.17, 15) is 4.79 Å². The van der Waals surface area contributed by atoms with Crippen LogP contribution in [0.15, 0.2) is 0 Å². The number of hydrogen-bond acceptors (Lipinski definition) is 4. The van der Waals surface area contributed by atoms with Crippen molar-refractivity contribution in [3.8, 4) is 0 Å². The molecule has 0 aliphatic heterocycles. The van der Waals surface area contributed by atoms with Crippen LogP contribution in [0.25, 0.3) is 0 Å². The zero-order valence-electron chi connectivity index (χ0n) is 9.22. The molecule has 0 saturated heterocycles. The van der Waals surface area contributed by atoms with Gasteiger partial charge in [0.15, 0.2) is 0 Å². The first-order chi connectivity index (χ1) is 6.45. The number of carbonyl (C=O) groups excluding carboxylic acids is 1. The van der Waals surface area contributed by atoms with Crippen LogP contribution in [-0.4, -0.2) is 37.9 Å². The number of carbonyl (C=O) groups is 1. The van der Waals surface area contributed by atoms with Gasteiger partial charge < -0.3 is 21.1 Å². The molecule has 0 aliphatic carbocycles. The average Bonchev–Trinajstić information content (AvgIpc) is 2.00. The summed E-state index contributed by atoms with van der Waals surface area (Å²) in [6.45, 7) is 8.12. The third kappa shape index (κ3) is 9.28. The molecule has 84 valence electrons. The van der Waals surface area contributed by atoms with Crippen molar-refractivity contribution in [1.29, 1.82) is 0 Å². The Balaban J connectivity index is 3.36. The molecule has 0 aromatic rings. The molecule has 4 N–H and O–H groups in total. The summed E-state index contributed by atoms with van der Waals surface area (Å²) in [6, 6.07) is 0. The highest BCUT2D eigenvalue weighted by Gasteiger charge is 2.15. The largest absolute Gasteiger partial charge is 0.444 e. The topological polar surface area (TPSA) is 76.4 Å². The van der Waals surface area contributed by atoms with E-state index in [2.05, 4.69) is 10.6 Å². The van der Waals surface area contributed by atoms with Crippen LogP contribution in [0.3, 0.4) is 0 Å². The highest BCUT2D eigenvalue weighted by Crippen LogP contribution is 2.05. The lowest BCUT2D eigenvalue weighted by atomic mass is 10.2. The fourth-order valence-electron chi connectivity index (χ4n) is 0.794. The Kier molecular flexibility index (Phi) is 6.23. The molecule has 1 amide bonds. The molecular weight excluding hydrogens is 182 g/mol. The highest BCUT2D eigenvalue weighted by molar-refractivity contribution is 5.67. The van der Waals surface area contributed by atoms with E-state index in [1.54, 1.807) is 0 Å². The Labute approximate surface area is 85.4 Å². The van der Waals surface area contributed by atoms with E-state index in [-0.39, 0.29) is 6.09 Å². The number of rotatable bonds is 5. The van der Waals surface area contributed by atoms with Crippen molar-refractivity contribution in [2.45, 2.75) is 26.4 Å². The zero-order chi connectivity index (χ0) is 11.0. The summed E-state index contributed by atoms with van der Waals surface area (Å²) < 4.78 is 5.04. The van der Waals surface area contributed by atoms with E-state index >= 15 is 0 Å². The molecule has 0 aromatic heterocycles. The molecule has 14 heavy (non-hydrogen) atoms. The van der Waals surface area contributed by atoms with E-state index in [0.717, 1.165) is 6.54 Å². The van der Waals surface area contributed by atoms with Crippen LogP contribution in [-0.2, 0) is 4.74 Å². The molecule has 0 bridgehead atoms. The lowest BCUT2D eigenvalue weighted by Gasteiger charge is -2.19. The van der Waals surface area contributed by atoms with Gasteiger partial charge in [-0.2, -0.15) is 0 Å². The predicted molar refractivity (Wildman–Crippen MR) is 56.2 cm³/mol. The fraction of sp³-hybridized carbons (Fsp3) is 0.889. The van der Waals surface area contributed by atoms with Gasteiger partial charge in [0.05, 0.1) is 0 Å². The minimum Gasteiger partial charge on any atom is -0.444 e. The van der Waals surface area contributed by atoms with Gasteiger partial charge in [-0.05, 0) is 20.8 Å². The second kappa shape index (κ2) is 6.62. The molecule has 0 atom stereocenters. The maximum atomic E-state index is 11.1. The first-order valence-electron chi connectivity index (χ1n) is 4.83. The molecule has 0 saturated carbocycles. The van der Waals surface area contributed by atoms with Crippen LogP contribution >= 0.6 is 0 Å². The average molecular weight is 203 g/mol. The summed E-state index contributed by atoms with van der Waals surface area (Å²) >= 11 is 0. The molecule has 0 fully saturated rings. The number of ether oxygens (including phenoxy) is 1. The van der Waals surface area contributed by atoms with E-state index in [4.69, 9.17) is 10.5 Å². The normalized spacial score (nSPS) is 11.1. The summed E-state index contributed by atoms with van der Waals surface area (Å²) in [5.41, 5.74) is 4.84. The van der Waals surface area contributed by atoms with Gasteiger partial charge >= 0.3 is 6.09 Å². The summed E-state index contributed by atoms with van der Waals surface area (Å²) in [6.07, 6.45) is -0.382. The van der Waals surface area contributed by atoms with E-state index in [1.165, 1.54) is 0 Å². The number of alkyl carbamates (subject to hydrolysis) is 1. The maximum absolute atomic E-state index is 11.1. The molecule has 0 aliphatic rings. The van der Waals surface area contributed by atoms with Gasteiger partial charge in [-0.1, -0.05) is 0 Å². The minimum atomic E-state index is -0.436. The molecule has 0 spiro atoms. The SMILES string of the molecule is CC(C)(C)OC(=O)NCCNCCN. The Hall–Kier alpha value is -0.810. The number of hydrogen-bond donors (Lipinski definition) is 3. The van der Waals surface area contributed by atoms with Crippen molar-refractivity contribution < 1.29 is 9.53 Å². The van der Waals surface area contributed by atoms with E-state index < -0.39 is 5.60 Å². The van der Waals surface area contributed by atoms with Gasteiger partial charge in [-0.25, -0.2) is 4.79 Å². The zero-order valence-corrected chi connectivity index (χ0v) is 9.22. The first kappa shape index (κ1) is 13.2. The fourth-order valence-corrected chi connectivity index (χ4v) is 0.794. The molecule has 5 nitrogen and oxygen atoms in total. The van der Waals surface area contributed by atoms with E-state index in [1.807, 2.05) is 20.8 Å². The maximum Gasteiger partial charge on any atom is 0.407 e. The monoisotopic (exact) mass is 203 g/mol. The van der Waals surface area contributed by atoms with Crippen molar-refractivity contribution in [3.05, 3.63) is 0 Å². The standard InChI is InChI=1S/C9H21N3O2/c1-9(2,3)14-8(13)12-7-6-11-5-4-10/h11H,4-7,10H2,1-3H3,(H,12,13). The van der Waals surface area contributed by atoms with Gasteiger partial charge in [0.2, 0.25) is 0 Å². The third-order valence-electron chi connectivity index (χ3n) is 1.29. The van der Waals surface area contributed by atoms with Crippen LogP contribution in [0.1, 0.15) is 20.8 Å². The van der Waals surface area contributed by atoms with Gasteiger partial charge in [0.25, 0.3) is 0 Å². The quantitative estimate of drug-likeness (QED) is 0.552. The third-order valence-corrected chi connectivity index (χ3v) is 1.29. The first-order valence-corrected chi connectivity index (χ1v) is 4.83. The molecule has 0 rings (SSSR count). The Morgan fingerprint density at radius 2 is 1.93 bits per heavy atom. The smallest absolute Gasteiger partial charge is 0.407 e. The lowest BCUT2D eigenvalue weighted by molar-refractivity contribution is 0.0528. The molecule has 5 heteroatoms. The van der Waals surface area contributed by atoms with Crippen LogP contribution in [0.2, 0.25) is 0 Å². The number of nitrogens with one attached hydrogen (secondary N) is 2. The molecule has 0 aromatic carbocycles. The lowest BCUT2D eigenvalue weighted by Crippen LogP contribution is -2.37. The predicted octanol–water partition coefficient (Wildman–Crippen LogP) is 0.0594. The van der Waals surface area contributed by atoms with Crippen molar-refractivity contribution in [1.82, 2.24) is 10.6 Å². The van der Waals surface area contributed by atoms with Crippen LogP contribution in [0.4, 0.5) is 4.79 Å². The van der Waals surface area contributed by atoms with Crippen molar-refractivity contribution in [3.63, 3.8) is 0 Å². The van der Waals surface area contributed by atoms with Gasteiger partial charge in [-0.3, -0.25) is 0 Å². The van der Waals surface area contributed by atoms with Crippen LogP contribution in [0, 0.1) is 0 Å². The van der Waals surface area contributed by atoms with Gasteiger partial charge in [-0.15, -0.1) is 0 Å². The molecule has 0 unspecified atom stereocenters. The highest BCUT2D eigenvalue weighted by atomic mass is 16.6. The number of amides is 1. The Morgan fingerprint density at radius 3 is 2.43 bits per heavy atom. The van der Waals surface area contributed by atoms with Crippen LogP contribution in [0.5, 0.6) is 0 Å². The van der Waals surface area contributed by atoms with E-state index in [0.29, 0.717) is 19.6 Å². The summed E-state index contributed by atoms with van der Waals surface area (Å²) in [4.78, 5) is 11.1. The van der Waals surface area contributed by atoms with Crippen molar-refractivity contribution in [2.75, 3.05) is 26.2 Å². The van der Waals surface area contributed by atoms with Crippen molar-refractivity contribution in [2.24, 2.45) is 5.73 Å². The van der Waals surface area contributed by atoms with Crippen molar-refractivity contribution >= 4 is 6.09 Å². The summed E-state index contributed by atoms with van der Waals surface area (Å²) in [5.74, 6) is 0. The summed E-state index contributed by atoms with van der Waals surface area (Å²) in [7, 11) is 0. The Morgan fingerprint density at radius 1 is 1.29 bits per heavy atom. The minimum absolute atomic E-state index is 0.382.